The van der Waals surface area contributed by atoms with Crippen molar-refractivity contribution < 1.29 is 22.7 Å². The summed E-state index contributed by atoms with van der Waals surface area (Å²) >= 11 is 0. The lowest BCUT2D eigenvalue weighted by molar-refractivity contribution is -0.210. The van der Waals surface area contributed by atoms with Gasteiger partial charge >= 0.3 is 6.18 Å². The Bertz CT molecular complexity index is 464. The average molecular weight is 264 g/mol. The van der Waals surface area contributed by atoms with Crippen molar-refractivity contribution in [3.05, 3.63) is 18.2 Å². The van der Waals surface area contributed by atoms with Gasteiger partial charge in [0.25, 0.3) is 0 Å². The summed E-state index contributed by atoms with van der Waals surface area (Å²) in [4.78, 5) is 3.57. The molecule has 0 radical (unpaired) electrons. The molecule has 100 valence electrons. The molecule has 1 N–H and O–H groups in total. The number of hydrogen-bond acceptors (Lipinski definition) is 2. The van der Waals surface area contributed by atoms with Crippen molar-refractivity contribution in [1.29, 1.82) is 0 Å². The Morgan fingerprint density at radius 2 is 2.06 bits per heavy atom. The van der Waals surface area contributed by atoms with Crippen molar-refractivity contribution in [2.24, 2.45) is 5.92 Å². The van der Waals surface area contributed by atoms with Crippen LogP contribution in [0.2, 0.25) is 0 Å². The highest BCUT2D eigenvalue weighted by Gasteiger charge is 2.58. The summed E-state index contributed by atoms with van der Waals surface area (Å²) in [6.45, 7) is 0. The lowest BCUT2D eigenvalue weighted by Gasteiger charge is -2.30. The fourth-order valence-electron chi connectivity index (χ4n) is 3.15. The van der Waals surface area contributed by atoms with E-state index < -0.39 is 23.8 Å². The van der Waals surface area contributed by atoms with Crippen LogP contribution in [0.4, 0.5) is 17.6 Å². The maximum absolute atomic E-state index is 13.8. The van der Waals surface area contributed by atoms with Crippen LogP contribution in [0.15, 0.2) is 12.4 Å². The van der Waals surface area contributed by atoms with Crippen LogP contribution in [-0.2, 0) is 0 Å². The molecular weight excluding hydrogens is 252 g/mol. The second-order valence-electron chi connectivity index (χ2n) is 5.23. The molecule has 4 rings (SSSR count). The van der Waals surface area contributed by atoms with Gasteiger partial charge in [-0.15, -0.1) is 0 Å². The summed E-state index contributed by atoms with van der Waals surface area (Å²) in [6, 6.07) is -0.315. The molecule has 2 atom stereocenters. The highest BCUT2D eigenvalue weighted by atomic mass is 19.4. The van der Waals surface area contributed by atoms with Gasteiger partial charge in [0.2, 0.25) is 6.10 Å². The molecule has 3 fully saturated rings. The SMILES string of the molecule is OC(c1nccn1C1CC2(F)CC1C2)C(F)(F)F. The van der Waals surface area contributed by atoms with Gasteiger partial charge in [-0.05, 0) is 18.8 Å². The molecule has 0 saturated heterocycles. The number of fused-ring (bicyclic) bond motifs is 1. The summed E-state index contributed by atoms with van der Waals surface area (Å²) in [5.74, 6) is -0.382. The standard InChI is InChI=1S/C11H12F4N2O/c12-10-3-6(4-10)7(5-10)17-2-1-16-9(17)8(18)11(13,14)15/h1-2,6-8,18H,3-5H2. The lowest BCUT2D eigenvalue weighted by atomic mass is 9.81. The van der Waals surface area contributed by atoms with Gasteiger partial charge in [-0.25, -0.2) is 9.37 Å². The minimum atomic E-state index is -4.75. The van der Waals surface area contributed by atoms with Gasteiger partial charge < -0.3 is 9.67 Å². The van der Waals surface area contributed by atoms with Gasteiger partial charge in [0.05, 0.1) is 0 Å². The van der Waals surface area contributed by atoms with Crippen LogP contribution in [0.5, 0.6) is 0 Å². The minimum absolute atomic E-state index is 0.0587. The maximum atomic E-state index is 13.8. The number of nitrogens with zero attached hydrogens (tertiary/aromatic N) is 2. The van der Waals surface area contributed by atoms with E-state index >= 15 is 0 Å². The van der Waals surface area contributed by atoms with Crippen LogP contribution < -0.4 is 0 Å². The smallest absolute Gasteiger partial charge is 0.377 e. The molecule has 0 aliphatic heterocycles. The molecule has 1 aromatic rings. The quantitative estimate of drug-likeness (QED) is 0.833. The number of aliphatic hydroxyl groups is 1. The molecular formula is C11H12F4N2O. The third-order valence-corrected chi connectivity index (χ3v) is 3.99. The normalized spacial score (nSPS) is 36.5. The van der Waals surface area contributed by atoms with Crippen LogP contribution in [0.3, 0.4) is 0 Å². The number of imidazole rings is 1. The van der Waals surface area contributed by atoms with Gasteiger partial charge in [0.15, 0.2) is 0 Å². The minimum Gasteiger partial charge on any atom is -0.377 e. The van der Waals surface area contributed by atoms with Crippen LogP contribution in [0.1, 0.15) is 37.2 Å². The topological polar surface area (TPSA) is 38.1 Å². The van der Waals surface area contributed by atoms with Gasteiger partial charge in [-0.2, -0.15) is 13.2 Å². The van der Waals surface area contributed by atoms with Crippen molar-refractivity contribution in [1.82, 2.24) is 9.55 Å². The zero-order chi connectivity index (χ0) is 13.1. The zero-order valence-electron chi connectivity index (χ0n) is 9.36. The number of halogens is 4. The summed E-state index contributed by atoms with van der Waals surface area (Å²) in [6.07, 6.45) is -3.75. The largest absolute Gasteiger partial charge is 0.421 e. The zero-order valence-corrected chi connectivity index (χ0v) is 9.36. The Labute approximate surface area is 100 Å². The molecule has 0 amide bonds. The molecule has 18 heavy (non-hydrogen) atoms. The van der Waals surface area contributed by atoms with Crippen molar-refractivity contribution in [2.45, 2.75) is 43.3 Å². The van der Waals surface area contributed by atoms with Gasteiger partial charge in [0, 0.05) is 24.9 Å². The van der Waals surface area contributed by atoms with Crippen LogP contribution in [0, 0.1) is 5.92 Å². The van der Waals surface area contributed by atoms with E-state index in [-0.39, 0.29) is 18.4 Å². The summed E-state index contributed by atoms with van der Waals surface area (Å²) in [5, 5.41) is 9.25. The second kappa shape index (κ2) is 3.46. The molecule has 1 aromatic heterocycles. The van der Waals surface area contributed by atoms with Crippen molar-refractivity contribution in [2.75, 3.05) is 0 Å². The molecule has 7 heteroatoms. The summed E-state index contributed by atoms with van der Waals surface area (Å²) < 4.78 is 52.5. The molecule has 0 spiro atoms. The van der Waals surface area contributed by atoms with Crippen LogP contribution >= 0.6 is 0 Å². The first-order valence-electron chi connectivity index (χ1n) is 5.77. The summed E-state index contributed by atoms with van der Waals surface area (Å²) in [7, 11) is 0. The number of hydrogen-bond donors (Lipinski definition) is 1. The number of rotatable bonds is 2. The van der Waals surface area contributed by atoms with E-state index in [0.717, 1.165) is 0 Å². The molecule has 3 aliphatic carbocycles. The van der Waals surface area contributed by atoms with E-state index in [1.54, 1.807) is 0 Å². The van der Waals surface area contributed by atoms with E-state index in [4.69, 9.17) is 0 Å². The fourth-order valence-corrected chi connectivity index (χ4v) is 3.15. The van der Waals surface area contributed by atoms with Crippen molar-refractivity contribution in [3.63, 3.8) is 0 Å². The van der Waals surface area contributed by atoms with E-state index in [1.165, 1.54) is 17.0 Å². The molecule has 3 saturated carbocycles. The van der Waals surface area contributed by atoms with Gasteiger partial charge in [-0.3, -0.25) is 0 Å². The Balaban J connectivity index is 1.89. The molecule has 3 aliphatic rings. The van der Waals surface area contributed by atoms with Crippen molar-refractivity contribution in [3.8, 4) is 0 Å². The van der Waals surface area contributed by atoms with Crippen LogP contribution in [-0.4, -0.2) is 26.5 Å². The third-order valence-electron chi connectivity index (χ3n) is 3.99. The predicted octanol–water partition coefficient (Wildman–Crippen LogP) is 2.54. The van der Waals surface area contributed by atoms with Gasteiger partial charge in [0.1, 0.15) is 11.5 Å². The highest BCUT2D eigenvalue weighted by Crippen LogP contribution is 2.60. The first kappa shape index (κ1) is 12.0. The predicted molar refractivity (Wildman–Crippen MR) is 53.5 cm³/mol. The number of alkyl halides is 4. The van der Waals surface area contributed by atoms with E-state index in [1.807, 2.05) is 0 Å². The monoisotopic (exact) mass is 264 g/mol. The Hall–Kier alpha value is -1.11. The van der Waals surface area contributed by atoms with Crippen molar-refractivity contribution >= 4 is 0 Å². The maximum Gasteiger partial charge on any atom is 0.421 e. The highest BCUT2D eigenvalue weighted by molar-refractivity contribution is 5.13. The number of aromatic nitrogens is 2. The third kappa shape index (κ3) is 1.64. The Morgan fingerprint density at radius 1 is 1.39 bits per heavy atom. The van der Waals surface area contributed by atoms with Gasteiger partial charge in [-0.1, -0.05) is 0 Å². The molecule has 2 unspecified atom stereocenters. The fraction of sp³-hybridized carbons (Fsp3) is 0.727. The van der Waals surface area contributed by atoms with E-state index in [0.29, 0.717) is 12.8 Å². The molecule has 2 bridgehead atoms. The first-order valence-corrected chi connectivity index (χ1v) is 5.77. The Morgan fingerprint density at radius 3 is 2.56 bits per heavy atom. The number of aliphatic hydroxyl groups excluding tert-OH is 1. The lowest BCUT2D eigenvalue weighted by Crippen LogP contribution is -2.30. The Kier molecular flexibility index (Phi) is 2.30. The van der Waals surface area contributed by atoms with E-state index in [2.05, 4.69) is 4.98 Å². The second-order valence-corrected chi connectivity index (χ2v) is 5.23. The molecule has 1 heterocycles. The van der Waals surface area contributed by atoms with E-state index in [9.17, 15) is 22.7 Å². The molecule has 3 nitrogen and oxygen atoms in total. The van der Waals surface area contributed by atoms with Crippen LogP contribution in [0.25, 0.3) is 0 Å². The first-order chi connectivity index (χ1) is 8.30. The average Bonchev–Trinajstić information content (AvgIpc) is 2.84. The summed E-state index contributed by atoms with van der Waals surface area (Å²) in [5.41, 5.74) is -1.22. The molecule has 0 aromatic carbocycles.